The molecule has 2 heterocycles. The maximum absolute atomic E-state index is 5.44. The van der Waals surface area contributed by atoms with Crippen LogP contribution >= 0.6 is 0 Å². The fourth-order valence-corrected chi connectivity index (χ4v) is 2.31. The van der Waals surface area contributed by atoms with E-state index in [1.165, 1.54) is 5.56 Å². The second-order valence-corrected chi connectivity index (χ2v) is 4.38. The molecule has 0 aliphatic carbocycles. The number of fused-ring (bicyclic) bond motifs is 1. The minimum atomic E-state index is 0.741. The van der Waals surface area contributed by atoms with Gasteiger partial charge in [-0.15, -0.1) is 0 Å². The van der Waals surface area contributed by atoms with Crippen molar-refractivity contribution in [2.45, 2.75) is 26.7 Å². The van der Waals surface area contributed by atoms with Gasteiger partial charge in [0, 0.05) is 31.6 Å². The van der Waals surface area contributed by atoms with E-state index in [-0.39, 0.29) is 0 Å². The lowest BCUT2D eigenvalue weighted by atomic mass is 10.1. The van der Waals surface area contributed by atoms with Gasteiger partial charge in [-0.05, 0) is 26.8 Å². The van der Waals surface area contributed by atoms with Crippen LogP contribution in [-0.4, -0.2) is 43.3 Å². The first-order valence-electron chi connectivity index (χ1n) is 6.69. The summed E-state index contributed by atoms with van der Waals surface area (Å²) >= 11 is 0. The third kappa shape index (κ3) is 2.56. The van der Waals surface area contributed by atoms with Gasteiger partial charge in [0.25, 0.3) is 0 Å². The average Bonchev–Trinajstić information content (AvgIpc) is 2.64. The number of hydrogen-bond donors (Lipinski definition) is 1. The van der Waals surface area contributed by atoms with Crippen LogP contribution in [-0.2, 0) is 12.8 Å². The highest BCUT2D eigenvalue weighted by molar-refractivity contribution is 5.41. The Kier molecular flexibility index (Phi) is 4.36. The second-order valence-electron chi connectivity index (χ2n) is 4.38. The zero-order valence-electron chi connectivity index (χ0n) is 11.5. The number of hydrogen-bond acceptors (Lipinski definition) is 5. The summed E-state index contributed by atoms with van der Waals surface area (Å²) in [5, 5.41) is 3.39. The maximum atomic E-state index is 5.44. The topological polar surface area (TPSA) is 50.3 Å². The van der Waals surface area contributed by atoms with Crippen molar-refractivity contribution in [1.29, 1.82) is 0 Å². The Morgan fingerprint density at radius 2 is 1.89 bits per heavy atom. The van der Waals surface area contributed by atoms with Crippen molar-refractivity contribution >= 4 is 5.95 Å². The van der Waals surface area contributed by atoms with Crippen molar-refractivity contribution in [2.75, 3.05) is 38.2 Å². The molecule has 1 aliphatic rings. The number of rotatable bonds is 4. The van der Waals surface area contributed by atoms with Crippen LogP contribution in [0.15, 0.2) is 0 Å². The molecule has 100 valence electrons. The number of methoxy groups -OCH3 is 1. The molecule has 0 spiro atoms. The predicted octanol–water partition coefficient (Wildman–Crippen LogP) is 1.02. The average molecular weight is 250 g/mol. The van der Waals surface area contributed by atoms with Crippen LogP contribution < -0.4 is 15.0 Å². The predicted molar refractivity (Wildman–Crippen MR) is 72.4 cm³/mol. The molecule has 18 heavy (non-hydrogen) atoms. The Hall–Kier alpha value is -1.36. The molecule has 0 fully saturated rings. The number of anilines is 1. The molecule has 5 nitrogen and oxygen atoms in total. The Balaban J connectivity index is 2.42. The third-order valence-corrected chi connectivity index (χ3v) is 3.37. The van der Waals surface area contributed by atoms with Gasteiger partial charge in [-0.2, -0.15) is 4.98 Å². The highest BCUT2D eigenvalue weighted by Crippen LogP contribution is 2.24. The van der Waals surface area contributed by atoms with E-state index in [0.29, 0.717) is 0 Å². The fourth-order valence-electron chi connectivity index (χ4n) is 2.31. The van der Waals surface area contributed by atoms with Crippen molar-refractivity contribution in [3.63, 3.8) is 0 Å². The van der Waals surface area contributed by atoms with Gasteiger partial charge in [0.1, 0.15) is 0 Å². The Labute approximate surface area is 109 Å². The molecule has 1 aliphatic heterocycles. The zero-order valence-corrected chi connectivity index (χ0v) is 11.5. The Morgan fingerprint density at radius 1 is 1.17 bits per heavy atom. The monoisotopic (exact) mass is 250 g/mol. The molecule has 0 atom stereocenters. The standard InChI is InChI=1S/C13H22N4O/c1-4-17(5-2)13-15-11-7-9-14-8-6-10(11)12(16-13)18-3/h14H,4-9H2,1-3H3. The highest BCUT2D eigenvalue weighted by atomic mass is 16.5. The van der Waals surface area contributed by atoms with Crippen molar-refractivity contribution in [3.05, 3.63) is 11.3 Å². The summed E-state index contributed by atoms with van der Waals surface area (Å²) in [6.45, 7) is 8.01. The first-order valence-corrected chi connectivity index (χ1v) is 6.69. The molecule has 1 aromatic heterocycles. The first-order chi connectivity index (χ1) is 8.80. The van der Waals surface area contributed by atoms with Crippen LogP contribution in [0.3, 0.4) is 0 Å². The molecule has 5 heteroatoms. The van der Waals surface area contributed by atoms with E-state index in [2.05, 4.69) is 29.0 Å². The summed E-state index contributed by atoms with van der Waals surface area (Å²) in [6.07, 6.45) is 1.89. The number of aromatic nitrogens is 2. The largest absolute Gasteiger partial charge is 0.481 e. The summed E-state index contributed by atoms with van der Waals surface area (Å²) in [5.41, 5.74) is 2.30. The lowest BCUT2D eigenvalue weighted by molar-refractivity contribution is 0.390. The first kappa shape index (κ1) is 13.1. The van der Waals surface area contributed by atoms with Crippen LogP contribution in [0.25, 0.3) is 0 Å². The summed E-state index contributed by atoms with van der Waals surface area (Å²) in [7, 11) is 1.69. The van der Waals surface area contributed by atoms with Crippen LogP contribution in [0.1, 0.15) is 25.1 Å². The minimum Gasteiger partial charge on any atom is -0.481 e. The van der Waals surface area contributed by atoms with Crippen LogP contribution in [0.4, 0.5) is 5.95 Å². The molecule has 1 aromatic rings. The van der Waals surface area contributed by atoms with Gasteiger partial charge in [0.2, 0.25) is 11.8 Å². The summed E-state index contributed by atoms with van der Waals surface area (Å²) in [6, 6.07) is 0. The lowest BCUT2D eigenvalue weighted by Crippen LogP contribution is -2.25. The van der Waals surface area contributed by atoms with Crippen molar-refractivity contribution in [2.24, 2.45) is 0 Å². The Morgan fingerprint density at radius 3 is 2.56 bits per heavy atom. The van der Waals surface area contributed by atoms with Gasteiger partial charge in [-0.25, -0.2) is 4.98 Å². The molecule has 0 bridgehead atoms. The van der Waals surface area contributed by atoms with Crippen molar-refractivity contribution in [3.8, 4) is 5.88 Å². The number of ether oxygens (including phenoxy) is 1. The molecule has 2 rings (SSSR count). The highest BCUT2D eigenvalue weighted by Gasteiger charge is 2.18. The minimum absolute atomic E-state index is 0.741. The smallest absolute Gasteiger partial charge is 0.228 e. The zero-order chi connectivity index (χ0) is 13.0. The van der Waals surface area contributed by atoms with Crippen LogP contribution in [0, 0.1) is 0 Å². The number of nitrogens with one attached hydrogen (secondary N) is 1. The molecule has 0 unspecified atom stereocenters. The molecule has 0 amide bonds. The van der Waals surface area contributed by atoms with Crippen LogP contribution in [0.2, 0.25) is 0 Å². The molecule has 1 N–H and O–H groups in total. The van der Waals surface area contributed by atoms with E-state index in [9.17, 15) is 0 Å². The maximum Gasteiger partial charge on any atom is 0.228 e. The van der Waals surface area contributed by atoms with E-state index in [4.69, 9.17) is 9.72 Å². The molecule has 0 saturated carbocycles. The quantitative estimate of drug-likeness (QED) is 0.864. The van der Waals surface area contributed by atoms with E-state index in [1.54, 1.807) is 7.11 Å². The van der Waals surface area contributed by atoms with Gasteiger partial charge in [0.05, 0.1) is 12.8 Å². The van der Waals surface area contributed by atoms with Gasteiger partial charge in [0.15, 0.2) is 0 Å². The molecular formula is C13H22N4O. The molecule has 0 saturated heterocycles. The molecule has 0 aromatic carbocycles. The molecular weight excluding hydrogens is 228 g/mol. The summed E-state index contributed by atoms with van der Waals surface area (Å²) in [4.78, 5) is 11.4. The van der Waals surface area contributed by atoms with Gasteiger partial charge < -0.3 is 15.0 Å². The van der Waals surface area contributed by atoms with E-state index < -0.39 is 0 Å². The lowest BCUT2D eigenvalue weighted by Gasteiger charge is -2.21. The van der Waals surface area contributed by atoms with E-state index >= 15 is 0 Å². The second kappa shape index (κ2) is 6.00. The van der Waals surface area contributed by atoms with E-state index in [1.807, 2.05) is 0 Å². The molecule has 0 radical (unpaired) electrons. The summed E-state index contributed by atoms with van der Waals surface area (Å²) < 4.78 is 5.44. The van der Waals surface area contributed by atoms with Crippen LogP contribution in [0.5, 0.6) is 5.88 Å². The van der Waals surface area contributed by atoms with Gasteiger partial charge >= 0.3 is 0 Å². The van der Waals surface area contributed by atoms with Gasteiger partial charge in [-0.3, -0.25) is 0 Å². The van der Waals surface area contributed by atoms with Crippen molar-refractivity contribution in [1.82, 2.24) is 15.3 Å². The van der Waals surface area contributed by atoms with E-state index in [0.717, 1.165) is 56.5 Å². The van der Waals surface area contributed by atoms with Crippen molar-refractivity contribution < 1.29 is 4.74 Å². The SMILES string of the molecule is CCN(CC)c1nc2c(c(OC)n1)CCNCC2. The fraction of sp³-hybridized carbons (Fsp3) is 0.692. The van der Waals surface area contributed by atoms with Gasteiger partial charge in [-0.1, -0.05) is 0 Å². The third-order valence-electron chi connectivity index (χ3n) is 3.37. The normalized spacial score (nSPS) is 14.8. The Bertz CT molecular complexity index is 404. The number of nitrogens with zero attached hydrogens (tertiary/aromatic N) is 3. The summed E-state index contributed by atoms with van der Waals surface area (Å²) in [5.74, 6) is 1.53.